The van der Waals surface area contributed by atoms with Gasteiger partial charge in [-0.05, 0) is 24.5 Å². The number of furan rings is 1. The molecule has 1 N–H and O–H groups in total. The molecular weight excluding hydrogens is 192 g/mol. The maximum absolute atomic E-state index is 10.1. The van der Waals surface area contributed by atoms with Crippen molar-refractivity contribution in [3.05, 3.63) is 35.5 Å². The van der Waals surface area contributed by atoms with Gasteiger partial charge < -0.3 is 14.3 Å². The zero-order valence-corrected chi connectivity index (χ0v) is 8.90. The fourth-order valence-corrected chi connectivity index (χ4v) is 1.87. The van der Waals surface area contributed by atoms with Gasteiger partial charge in [-0.1, -0.05) is 6.92 Å². The molecule has 2 heterocycles. The first-order valence-corrected chi connectivity index (χ1v) is 5.37. The summed E-state index contributed by atoms with van der Waals surface area (Å²) in [4.78, 5) is 0. The standard InChI is InChI=1S/C12H16O3/c1-2-11-10(5-7-15-11)12(13)9-4-3-6-14-8-9/h5,7-8,12-13H,2-4,6H2,1H3. The summed E-state index contributed by atoms with van der Waals surface area (Å²) in [5.41, 5.74) is 1.81. The van der Waals surface area contributed by atoms with Crippen molar-refractivity contribution in [2.24, 2.45) is 0 Å². The van der Waals surface area contributed by atoms with E-state index in [0.29, 0.717) is 0 Å². The molecule has 3 nitrogen and oxygen atoms in total. The van der Waals surface area contributed by atoms with E-state index in [1.54, 1.807) is 12.5 Å². The maximum atomic E-state index is 10.1. The Hall–Kier alpha value is -1.22. The number of rotatable bonds is 3. The molecule has 0 bridgehead atoms. The highest BCUT2D eigenvalue weighted by Crippen LogP contribution is 2.30. The second-order valence-electron chi connectivity index (χ2n) is 3.72. The van der Waals surface area contributed by atoms with Crippen LogP contribution < -0.4 is 0 Å². The Bertz CT molecular complexity index is 352. The minimum Gasteiger partial charge on any atom is -0.501 e. The van der Waals surface area contributed by atoms with Crippen LogP contribution in [0.25, 0.3) is 0 Å². The van der Waals surface area contributed by atoms with Crippen LogP contribution in [0, 0.1) is 0 Å². The average molecular weight is 208 g/mol. The van der Waals surface area contributed by atoms with Gasteiger partial charge in [0.1, 0.15) is 11.9 Å². The zero-order valence-electron chi connectivity index (χ0n) is 8.90. The quantitative estimate of drug-likeness (QED) is 0.830. The number of hydrogen-bond donors (Lipinski definition) is 1. The molecule has 15 heavy (non-hydrogen) atoms. The third kappa shape index (κ3) is 2.07. The van der Waals surface area contributed by atoms with E-state index in [2.05, 4.69) is 0 Å². The number of aryl methyl sites for hydroxylation is 1. The highest BCUT2D eigenvalue weighted by molar-refractivity contribution is 5.27. The van der Waals surface area contributed by atoms with Gasteiger partial charge in [-0.2, -0.15) is 0 Å². The largest absolute Gasteiger partial charge is 0.501 e. The van der Waals surface area contributed by atoms with Gasteiger partial charge in [-0.15, -0.1) is 0 Å². The predicted molar refractivity (Wildman–Crippen MR) is 56.3 cm³/mol. The van der Waals surface area contributed by atoms with Gasteiger partial charge in [-0.3, -0.25) is 0 Å². The Morgan fingerprint density at radius 2 is 2.40 bits per heavy atom. The van der Waals surface area contributed by atoms with Crippen LogP contribution in [0.1, 0.15) is 37.2 Å². The summed E-state index contributed by atoms with van der Waals surface area (Å²) in [6, 6.07) is 1.83. The van der Waals surface area contributed by atoms with Gasteiger partial charge in [0.2, 0.25) is 0 Å². The van der Waals surface area contributed by atoms with E-state index in [9.17, 15) is 5.11 Å². The van der Waals surface area contributed by atoms with Crippen LogP contribution in [-0.4, -0.2) is 11.7 Å². The molecule has 2 rings (SSSR count). The summed E-state index contributed by atoms with van der Waals surface area (Å²) in [6.45, 7) is 2.77. The van der Waals surface area contributed by atoms with Crippen molar-refractivity contribution in [1.29, 1.82) is 0 Å². The smallest absolute Gasteiger partial charge is 0.109 e. The predicted octanol–water partition coefficient (Wildman–Crippen LogP) is 2.57. The number of aliphatic hydroxyl groups excluding tert-OH is 1. The van der Waals surface area contributed by atoms with Crippen molar-refractivity contribution in [3.63, 3.8) is 0 Å². The second kappa shape index (κ2) is 4.53. The summed E-state index contributed by atoms with van der Waals surface area (Å²) in [5, 5.41) is 10.1. The Labute approximate surface area is 89.4 Å². The molecule has 1 aromatic heterocycles. The Morgan fingerprint density at radius 1 is 1.53 bits per heavy atom. The summed E-state index contributed by atoms with van der Waals surface area (Å²) in [5.74, 6) is 0.856. The lowest BCUT2D eigenvalue weighted by molar-refractivity contribution is 0.169. The van der Waals surface area contributed by atoms with Crippen LogP contribution in [0.2, 0.25) is 0 Å². The molecule has 0 amide bonds. The molecular formula is C12H16O3. The summed E-state index contributed by atoms with van der Waals surface area (Å²) in [6.07, 6.45) is 5.41. The van der Waals surface area contributed by atoms with Crippen molar-refractivity contribution in [1.82, 2.24) is 0 Å². The van der Waals surface area contributed by atoms with Gasteiger partial charge in [0, 0.05) is 12.0 Å². The monoisotopic (exact) mass is 208 g/mol. The van der Waals surface area contributed by atoms with Crippen LogP contribution >= 0.6 is 0 Å². The number of ether oxygens (including phenoxy) is 1. The van der Waals surface area contributed by atoms with E-state index in [1.807, 2.05) is 13.0 Å². The number of aliphatic hydroxyl groups is 1. The van der Waals surface area contributed by atoms with Gasteiger partial charge in [0.05, 0.1) is 19.1 Å². The van der Waals surface area contributed by atoms with E-state index >= 15 is 0 Å². The SMILES string of the molecule is CCc1occc1C(O)C1=COCCC1. The van der Waals surface area contributed by atoms with Crippen LogP contribution in [-0.2, 0) is 11.2 Å². The van der Waals surface area contributed by atoms with Crippen LogP contribution in [0.4, 0.5) is 0 Å². The highest BCUT2D eigenvalue weighted by Gasteiger charge is 2.20. The third-order valence-electron chi connectivity index (χ3n) is 2.71. The summed E-state index contributed by atoms with van der Waals surface area (Å²) in [7, 11) is 0. The molecule has 1 aliphatic rings. The molecule has 1 unspecified atom stereocenters. The minimum absolute atomic E-state index is 0.570. The van der Waals surface area contributed by atoms with Gasteiger partial charge in [0.25, 0.3) is 0 Å². The lowest BCUT2D eigenvalue weighted by Crippen LogP contribution is -2.08. The van der Waals surface area contributed by atoms with Crippen LogP contribution in [0.3, 0.4) is 0 Å². The molecule has 3 heteroatoms. The van der Waals surface area contributed by atoms with Gasteiger partial charge in [-0.25, -0.2) is 0 Å². The molecule has 0 aromatic carbocycles. The van der Waals surface area contributed by atoms with E-state index in [0.717, 1.165) is 42.8 Å². The first kappa shape index (κ1) is 10.3. The van der Waals surface area contributed by atoms with Crippen LogP contribution in [0.5, 0.6) is 0 Å². The molecule has 1 aliphatic heterocycles. The lowest BCUT2D eigenvalue weighted by Gasteiger charge is -2.18. The van der Waals surface area contributed by atoms with Crippen molar-refractivity contribution >= 4 is 0 Å². The summed E-state index contributed by atoms with van der Waals surface area (Å²) >= 11 is 0. The third-order valence-corrected chi connectivity index (χ3v) is 2.71. The van der Waals surface area contributed by atoms with Gasteiger partial charge in [0.15, 0.2) is 0 Å². The van der Waals surface area contributed by atoms with E-state index < -0.39 is 6.10 Å². The fraction of sp³-hybridized carbons (Fsp3) is 0.500. The lowest BCUT2D eigenvalue weighted by atomic mass is 9.98. The van der Waals surface area contributed by atoms with E-state index in [-0.39, 0.29) is 0 Å². The van der Waals surface area contributed by atoms with E-state index in [4.69, 9.17) is 9.15 Å². The number of hydrogen-bond acceptors (Lipinski definition) is 3. The van der Waals surface area contributed by atoms with Crippen LogP contribution in [0.15, 0.2) is 28.6 Å². The molecule has 82 valence electrons. The molecule has 1 aromatic rings. The zero-order chi connectivity index (χ0) is 10.7. The second-order valence-corrected chi connectivity index (χ2v) is 3.72. The molecule has 1 atom stereocenters. The Balaban J connectivity index is 2.19. The Kier molecular flexibility index (Phi) is 3.11. The molecule has 0 spiro atoms. The normalized spacial score (nSPS) is 18.1. The average Bonchev–Trinajstić information content (AvgIpc) is 2.77. The van der Waals surface area contributed by atoms with Gasteiger partial charge >= 0.3 is 0 Å². The molecule has 0 aliphatic carbocycles. The first-order valence-electron chi connectivity index (χ1n) is 5.37. The van der Waals surface area contributed by atoms with Crippen molar-refractivity contribution < 1.29 is 14.3 Å². The summed E-state index contributed by atoms with van der Waals surface area (Å²) < 4.78 is 10.5. The fourth-order valence-electron chi connectivity index (χ4n) is 1.87. The van der Waals surface area contributed by atoms with Crippen molar-refractivity contribution in [2.75, 3.05) is 6.61 Å². The Morgan fingerprint density at radius 3 is 3.07 bits per heavy atom. The molecule has 0 saturated carbocycles. The maximum Gasteiger partial charge on any atom is 0.109 e. The minimum atomic E-state index is -0.570. The first-order chi connectivity index (χ1) is 7.33. The molecule has 0 radical (unpaired) electrons. The van der Waals surface area contributed by atoms with Crippen molar-refractivity contribution in [3.8, 4) is 0 Å². The topological polar surface area (TPSA) is 42.6 Å². The molecule has 0 fully saturated rings. The highest BCUT2D eigenvalue weighted by atomic mass is 16.5. The van der Waals surface area contributed by atoms with Crippen molar-refractivity contribution in [2.45, 2.75) is 32.3 Å². The molecule has 0 saturated heterocycles. The van der Waals surface area contributed by atoms with E-state index in [1.165, 1.54) is 0 Å².